The van der Waals surface area contributed by atoms with Crippen LogP contribution in [0.5, 0.6) is 0 Å². The van der Waals surface area contributed by atoms with Gasteiger partial charge in [0, 0.05) is 0 Å². The molecule has 0 N–H and O–H groups in total. The molecule has 0 aromatic rings. The Morgan fingerprint density at radius 1 is 0.923 bits per heavy atom. The topological polar surface area (TPSA) is 0 Å². The molecule has 0 aromatic carbocycles. The molecular weight excluding hydrogens is 156 g/mol. The van der Waals surface area contributed by atoms with Crippen LogP contribution in [0.2, 0.25) is 0 Å². The second kappa shape index (κ2) is 9.90. The van der Waals surface area contributed by atoms with Gasteiger partial charge in [-0.1, -0.05) is 36.6 Å². The standard InChI is InChI=1S/C13H10/c1-3-5-7-9-11-13-12-10-8-6-4-2/h3-7H,1H2,2H3/b6-4-,7-5+. The van der Waals surface area contributed by atoms with E-state index in [1.54, 1.807) is 24.3 Å². The molecular formula is C13H10. The van der Waals surface area contributed by atoms with Crippen molar-refractivity contribution in [1.82, 2.24) is 0 Å². The molecule has 0 aromatic heterocycles. The van der Waals surface area contributed by atoms with Gasteiger partial charge in [0.15, 0.2) is 0 Å². The van der Waals surface area contributed by atoms with Crippen LogP contribution in [-0.4, -0.2) is 0 Å². The van der Waals surface area contributed by atoms with Crippen molar-refractivity contribution in [2.24, 2.45) is 0 Å². The summed E-state index contributed by atoms with van der Waals surface area (Å²) in [6.07, 6.45) is 8.68. The average molecular weight is 166 g/mol. The molecule has 0 aliphatic carbocycles. The smallest absolute Gasteiger partial charge is 0.000697 e. The molecule has 0 aliphatic rings. The van der Waals surface area contributed by atoms with Gasteiger partial charge >= 0.3 is 0 Å². The number of allylic oxidation sites excluding steroid dienone is 5. The minimum absolute atomic E-state index is 1.66. The first kappa shape index (κ1) is 10.9. The third-order valence-electron chi connectivity index (χ3n) is 0.897. The molecule has 0 fully saturated rings. The van der Waals surface area contributed by atoms with Crippen molar-refractivity contribution < 1.29 is 0 Å². The summed E-state index contributed by atoms with van der Waals surface area (Å²) in [5, 5.41) is 0. The van der Waals surface area contributed by atoms with Crippen LogP contribution in [-0.2, 0) is 0 Å². The molecule has 0 rings (SSSR count). The molecule has 0 radical (unpaired) electrons. The van der Waals surface area contributed by atoms with Gasteiger partial charge in [0.05, 0.1) is 0 Å². The second-order valence-electron chi connectivity index (χ2n) is 1.88. The van der Waals surface area contributed by atoms with Crippen molar-refractivity contribution >= 4 is 0 Å². The zero-order valence-electron chi connectivity index (χ0n) is 7.59. The van der Waals surface area contributed by atoms with Crippen LogP contribution in [0.25, 0.3) is 0 Å². The monoisotopic (exact) mass is 166 g/mol. The van der Waals surface area contributed by atoms with E-state index in [9.17, 15) is 0 Å². The van der Waals surface area contributed by atoms with Crippen LogP contribution in [0.1, 0.15) is 6.92 Å². The zero-order valence-corrected chi connectivity index (χ0v) is 7.59. The van der Waals surface area contributed by atoms with Crippen LogP contribution < -0.4 is 0 Å². The van der Waals surface area contributed by atoms with E-state index < -0.39 is 0 Å². The van der Waals surface area contributed by atoms with Gasteiger partial charge in [-0.2, -0.15) is 0 Å². The average Bonchev–Trinajstić information content (AvgIpc) is 2.16. The van der Waals surface area contributed by atoms with Gasteiger partial charge in [-0.3, -0.25) is 0 Å². The Hall–Kier alpha value is -2.10. The van der Waals surface area contributed by atoms with E-state index >= 15 is 0 Å². The third kappa shape index (κ3) is 9.90. The molecule has 0 heterocycles. The van der Waals surface area contributed by atoms with Crippen molar-refractivity contribution in [3.63, 3.8) is 0 Å². The molecule has 0 saturated carbocycles. The molecule has 0 spiro atoms. The summed E-state index contributed by atoms with van der Waals surface area (Å²) < 4.78 is 0. The highest BCUT2D eigenvalue weighted by molar-refractivity contribution is 5.39. The van der Waals surface area contributed by atoms with Crippen molar-refractivity contribution in [2.75, 3.05) is 0 Å². The molecule has 0 nitrogen and oxygen atoms in total. The van der Waals surface area contributed by atoms with Gasteiger partial charge < -0.3 is 0 Å². The number of hydrogen-bond donors (Lipinski definition) is 0. The molecule has 0 bridgehead atoms. The number of hydrogen-bond acceptors (Lipinski definition) is 0. The quantitative estimate of drug-likeness (QED) is 0.414. The largest absolute Gasteiger partial charge is 0.0990 e. The molecule has 0 atom stereocenters. The third-order valence-corrected chi connectivity index (χ3v) is 0.897. The van der Waals surface area contributed by atoms with E-state index in [-0.39, 0.29) is 0 Å². The van der Waals surface area contributed by atoms with Gasteiger partial charge in [0.1, 0.15) is 0 Å². The van der Waals surface area contributed by atoms with Crippen molar-refractivity contribution in [1.29, 1.82) is 0 Å². The molecule has 0 saturated heterocycles. The SMILES string of the molecule is C=C/C=C/C#CC#CC#C/C=C\C. The van der Waals surface area contributed by atoms with Gasteiger partial charge in [-0.25, -0.2) is 0 Å². The summed E-state index contributed by atoms with van der Waals surface area (Å²) in [5.74, 6) is 15.9. The van der Waals surface area contributed by atoms with E-state index in [1.165, 1.54) is 0 Å². The normalized spacial score (nSPS) is 7.77. The fourth-order valence-electron chi connectivity index (χ4n) is 0.417. The van der Waals surface area contributed by atoms with E-state index in [4.69, 9.17) is 0 Å². The Balaban J connectivity index is 3.99. The summed E-state index contributed by atoms with van der Waals surface area (Å²) >= 11 is 0. The Morgan fingerprint density at radius 3 is 2.08 bits per heavy atom. The Labute approximate surface area is 80.0 Å². The Kier molecular flexibility index (Phi) is 8.30. The lowest BCUT2D eigenvalue weighted by atomic mass is 10.4. The maximum absolute atomic E-state index is 3.51. The molecule has 0 unspecified atom stereocenters. The predicted molar refractivity (Wildman–Crippen MR) is 57.5 cm³/mol. The lowest BCUT2D eigenvalue weighted by molar-refractivity contribution is 1.76. The summed E-state index contributed by atoms with van der Waals surface area (Å²) in [5.41, 5.74) is 0. The first-order chi connectivity index (χ1) is 6.41. The molecule has 13 heavy (non-hydrogen) atoms. The fraction of sp³-hybridized carbons (Fsp3) is 0.0769. The van der Waals surface area contributed by atoms with E-state index in [2.05, 4.69) is 42.1 Å². The first-order valence-electron chi connectivity index (χ1n) is 3.81. The van der Waals surface area contributed by atoms with Crippen molar-refractivity contribution in [3.05, 3.63) is 37.0 Å². The predicted octanol–water partition coefficient (Wildman–Crippen LogP) is 2.31. The Bertz CT molecular complexity index is 373. The highest BCUT2D eigenvalue weighted by Crippen LogP contribution is 1.68. The zero-order chi connectivity index (χ0) is 9.78. The van der Waals surface area contributed by atoms with Crippen LogP contribution in [0, 0.1) is 35.5 Å². The molecule has 62 valence electrons. The minimum atomic E-state index is 1.66. The maximum Gasteiger partial charge on any atom is -0.000697 e. The Morgan fingerprint density at radius 2 is 1.54 bits per heavy atom. The summed E-state index contributed by atoms with van der Waals surface area (Å²) in [6.45, 7) is 5.41. The molecule has 0 amide bonds. The van der Waals surface area contributed by atoms with Gasteiger partial charge in [0.2, 0.25) is 0 Å². The first-order valence-corrected chi connectivity index (χ1v) is 3.81. The van der Waals surface area contributed by atoms with Gasteiger partial charge in [0.25, 0.3) is 0 Å². The highest BCUT2D eigenvalue weighted by Gasteiger charge is 1.56. The van der Waals surface area contributed by atoms with E-state index in [0.29, 0.717) is 0 Å². The van der Waals surface area contributed by atoms with Crippen molar-refractivity contribution in [3.8, 4) is 35.5 Å². The van der Waals surface area contributed by atoms with E-state index in [1.807, 2.05) is 13.0 Å². The summed E-state index contributed by atoms with van der Waals surface area (Å²) in [6, 6.07) is 0. The van der Waals surface area contributed by atoms with Crippen LogP contribution in [0.4, 0.5) is 0 Å². The molecule has 0 heteroatoms. The lowest BCUT2D eigenvalue weighted by Crippen LogP contribution is -1.53. The number of rotatable bonds is 1. The van der Waals surface area contributed by atoms with Crippen LogP contribution in [0.15, 0.2) is 37.0 Å². The lowest BCUT2D eigenvalue weighted by Gasteiger charge is -1.61. The summed E-state index contributed by atoms with van der Waals surface area (Å²) in [7, 11) is 0. The summed E-state index contributed by atoms with van der Waals surface area (Å²) in [4.78, 5) is 0. The van der Waals surface area contributed by atoms with Gasteiger partial charge in [-0.15, -0.1) is 0 Å². The minimum Gasteiger partial charge on any atom is -0.0990 e. The van der Waals surface area contributed by atoms with Crippen LogP contribution in [0.3, 0.4) is 0 Å². The van der Waals surface area contributed by atoms with Gasteiger partial charge in [-0.05, 0) is 42.8 Å². The van der Waals surface area contributed by atoms with Crippen LogP contribution >= 0.6 is 0 Å². The van der Waals surface area contributed by atoms with E-state index in [0.717, 1.165) is 0 Å². The fourth-order valence-corrected chi connectivity index (χ4v) is 0.417. The maximum atomic E-state index is 3.51. The highest BCUT2D eigenvalue weighted by atomic mass is 13.6. The molecule has 0 aliphatic heterocycles. The second-order valence-corrected chi connectivity index (χ2v) is 1.88. The van der Waals surface area contributed by atoms with Crippen molar-refractivity contribution in [2.45, 2.75) is 6.92 Å².